The summed E-state index contributed by atoms with van der Waals surface area (Å²) in [6, 6.07) is 3.19. The molecular formula is C12H14Cl2N2O. The van der Waals surface area contributed by atoms with Gasteiger partial charge in [-0.2, -0.15) is 0 Å². The van der Waals surface area contributed by atoms with Crippen molar-refractivity contribution < 1.29 is 4.79 Å². The maximum Gasteiger partial charge on any atom is 0.274 e. The van der Waals surface area contributed by atoms with Gasteiger partial charge in [0.1, 0.15) is 10.8 Å². The van der Waals surface area contributed by atoms with E-state index in [9.17, 15) is 4.79 Å². The highest BCUT2D eigenvalue weighted by Crippen LogP contribution is 2.22. The molecule has 0 radical (unpaired) electrons. The van der Waals surface area contributed by atoms with E-state index in [-0.39, 0.29) is 11.6 Å². The van der Waals surface area contributed by atoms with Crippen LogP contribution in [0.2, 0.25) is 10.2 Å². The average molecular weight is 273 g/mol. The van der Waals surface area contributed by atoms with Gasteiger partial charge in [0, 0.05) is 13.1 Å². The molecule has 92 valence electrons. The molecule has 1 amide bonds. The third-order valence-corrected chi connectivity index (χ3v) is 3.60. The van der Waals surface area contributed by atoms with Crippen molar-refractivity contribution in [2.24, 2.45) is 5.92 Å². The molecule has 1 aliphatic rings. The van der Waals surface area contributed by atoms with Crippen LogP contribution in [0.5, 0.6) is 0 Å². The second kappa shape index (κ2) is 5.23. The van der Waals surface area contributed by atoms with Crippen LogP contribution in [0.3, 0.4) is 0 Å². The monoisotopic (exact) mass is 272 g/mol. The van der Waals surface area contributed by atoms with E-state index in [0.29, 0.717) is 16.1 Å². The lowest BCUT2D eigenvalue weighted by molar-refractivity contribution is 0.0691. The minimum Gasteiger partial charge on any atom is -0.337 e. The van der Waals surface area contributed by atoms with Crippen LogP contribution < -0.4 is 0 Å². The molecule has 1 aromatic heterocycles. The summed E-state index contributed by atoms with van der Waals surface area (Å²) in [6.07, 6.45) is 2.06. The summed E-state index contributed by atoms with van der Waals surface area (Å²) in [7, 11) is 0. The van der Waals surface area contributed by atoms with Crippen LogP contribution in [0.15, 0.2) is 12.1 Å². The number of pyridine rings is 1. The molecule has 0 aromatic carbocycles. The Morgan fingerprint density at radius 2 is 2.00 bits per heavy atom. The summed E-state index contributed by atoms with van der Waals surface area (Å²) in [5, 5.41) is 0.654. The predicted molar refractivity (Wildman–Crippen MR) is 68.6 cm³/mol. The van der Waals surface area contributed by atoms with E-state index < -0.39 is 0 Å². The van der Waals surface area contributed by atoms with Crippen LogP contribution in [0.25, 0.3) is 0 Å². The second-order valence-electron chi connectivity index (χ2n) is 4.44. The van der Waals surface area contributed by atoms with E-state index in [1.165, 1.54) is 0 Å². The zero-order valence-electron chi connectivity index (χ0n) is 9.62. The number of hydrogen-bond acceptors (Lipinski definition) is 2. The van der Waals surface area contributed by atoms with Gasteiger partial charge in [0.25, 0.3) is 5.91 Å². The minimum atomic E-state index is -0.121. The Kier molecular flexibility index (Phi) is 3.89. The summed E-state index contributed by atoms with van der Waals surface area (Å²) in [5.41, 5.74) is 0.258. The first-order chi connectivity index (χ1) is 8.08. The number of carbonyl (C=O) groups is 1. The smallest absolute Gasteiger partial charge is 0.274 e. The standard InChI is InChI=1S/C12H14Cl2N2O/c1-8-4-6-16(7-5-8)12(17)11-9(13)2-3-10(14)15-11/h2-3,8H,4-7H2,1H3. The molecule has 0 aliphatic carbocycles. The third-order valence-electron chi connectivity index (χ3n) is 3.09. The van der Waals surface area contributed by atoms with Gasteiger partial charge in [0.05, 0.1) is 5.02 Å². The van der Waals surface area contributed by atoms with Gasteiger partial charge in [-0.05, 0) is 30.9 Å². The fourth-order valence-corrected chi connectivity index (χ4v) is 2.26. The van der Waals surface area contributed by atoms with Crippen molar-refractivity contribution in [2.75, 3.05) is 13.1 Å². The highest BCUT2D eigenvalue weighted by atomic mass is 35.5. The molecule has 2 heterocycles. The zero-order valence-corrected chi connectivity index (χ0v) is 11.1. The Hall–Kier alpha value is -0.800. The topological polar surface area (TPSA) is 33.2 Å². The van der Waals surface area contributed by atoms with Crippen molar-refractivity contribution in [3.63, 3.8) is 0 Å². The molecule has 1 aromatic rings. The predicted octanol–water partition coefficient (Wildman–Crippen LogP) is 3.26. The first kappa shape index (κ1) is 12.7. The van der Waals surface area contributed by atoms with E-state index in [1.807, 2.05) is 0 Å². The molecule has 1 aliphatic heterocycles. The van der Waals surface area contributed by atoms with E-state index >= 15 is 0 Å². The van der Waals surface area contributed by atoms with E-state index in [0.717, 1.165) is 25.9 Å². The summed E-state index contributed by atoms with van der Waals surface area (Å²) in [4.78, 5) is 18.0. The van der Waals surface area contributed by atoms with Crippen molar-refractivity contribution in [3.05, 3.63) is 28.0 Å². The lowest BCUT2D eigenvalue weighted by Crippen LogP contribution is -2.38. The number of piperidine rings is 1. The first-order valence-electron chi connectivity index (χ1n) is 5.69. The quantitative estimate of drug-likeness (QED) is 0.736. The Bertz CT molecular complexity index is 429. The van der Waals surface area contributed by atoms with E-state index in [4.69, 9.17) is 23.2 Å². The van der Waals surface area contributed by atoms with Gasteiger partial charge in [0.2, 0.25) is 0 Å². The molecule has 0 bridgehead atoms. The Morgan fingerprint density at radius 1 is 1.35 bits per heavy atom. The second-order valence-corrected chi connectivity index (χ2v) is 5.23. The number of likely N-dealkylation sites (tertiary alicyclic amines) is 1. The van der Waals surface area contributed by atoms with Crippen molar-refractivity contribution in [2.45, 2.75) is 19.8 Å². The van der Waals surface area contributed by atoms with Crippen molar-refractivity contribution in [3.8, 4) is 0 Å². The SMILES string of the molecule is CC1CCN(C(=O)c2nc(Cl)ccc2Cl)CC1. The van der Waals surface area contributed by atoms with Gasteiger partial charge < -0.3 is 4.90 Å². The van der Waals surface area contributed by atoms with Crippen LogP contribution in [0, 0.1) is 5.92 Å². The third kappa shape index (κ3) is 2.90. The molecule has 0 unspecified atom stereocenters. The summed E-state index contributed by atoms with van der Waals surface area (Å²) >= 11 is 11.8. The summed E-state index contributed by atoms with van der Waals surface area (Å²) < 4.78 is 0. The van der Waals surface area contributed by atoms with Gasteiger partial charge in [-0.15, -0.1) is 0 Å². The fourth-order valence-electron chi connectivity index (χ4n) is 1.93. The lowest BCUT2D eigenvalue weighted by Gasteiger charge is -2.30. The van der Waals surface area contributed by atoms with Crippen molar-refractivity contribution in [1.82, 2.24) is 9.88 Å². The molecule has 1 saturated heterocycles. The highest BCUT2D eigenvalue weighted by Gasteiger charge is 2.24. The van der Waals surface area contributed by atoms with Crippen LogP contribution >= 0.6 is 23.2 Å². The van der Waals surface area contributed by atoms with E-state index in [2.05, 4.69) is 11.9 Å². The van der Waals surface area contributed by atoms with Gasteiger partial charge in [0.15, 0.2) is 0 Å². The van der Waals surface area contributed by atoms with Crippen LogP contribution in [0.4, 0.5) is 0 Å². The molecule has 0 saturated carbocycles. The van der Waals surface area contributed by atoms with E-state index in [1.54, 1.807) is 17.0 Å². The van der Waals surface area contributed by atoms with Gasteiger partial charge in [-0.1, -0.05) is 30.1 Å². The number of halogens is 2. The molecule has 0 N–H and O–H groups in total. The number of nitrogens with zero attached hydrogens (tertiary/aromatic N) is 2. The molecule has 2 rings (SSSR count). The fraction of sp³-hybridized carbons (Fsp3) is 0.500. The van der Waals surface area contributed by atoms with Crippen LogP contribution in [-0.4, -0.2) is 28.9 Å². The maximum atomic E-state index is 12.2. The highest BCUT2D eigenvalue weighted by molar-refractivity contribution is 6.34. The Morgan fingerprint density at radius 3 is 2.65 bits per heavy atom. The zero-order chi connectivity index (χ0) is 12.4. The number of aromatic nitrogens is 1. The van der Waals surface area contributed by atoms with Crippen LogP contribution in [-0.2, 0) is 0 Å². The first-order valence-corrected chi connectivity index (χ1v) is 6.45. The number of hydrogen-bond donors (Lipinski definition) is 0. The molecule has 1 fully saturated rings. The number of amides is 1. The summed E-state index contributed by atoms with van der Waals surface area (Å²) in [6.45, 7) is 3.74. The molecule has 0 atom stereocenters. The van der Waals surface area contributed by atoms with Gasteiger partial charge in [-0.25, -0.2) is 4.98 Å². The lowest BCUT2D eigenvalue weighted by atomic mass is 9.99. The minimum absolute atomic E-state index is 0.121. The molecular weight excluding hydrogens is 259 g/mol. The van der Waals surface area contributed by atoms with Gasteiger partial charge in [-0.3, -0.25) is 4.79 Å². The Labute approximate surface area is 111 Å². The van der Waals surface area contributed by atoms with Crippen molar-refractivity contribution >= 4 is 29.1 Å². The molecule has 5 heteroatoms. The number of carbonyl (C=O) groups excluding carboxylic acids is 1. The molecule has 17 heavy (non-hydrogen) atoms. The number of rotatable bonds is 1. The largest absolute Gasteiger partial charge is 0.337 e. The molecule has 0 spiro atoms. The molecule has 3 nitrogen and oxygen atoms in total. The van der Waals surface area contributed by atoms with Crippen LogP contribution in [0.1, 0.15) is 30.3 Å². The van der Waals surface area contributed by atoms with Gasteiger partial charge >= 0.3 is 0 Å². The normalized spacial score (nSPS) is 17.2. The van der Waals surface area contributed by atoms with Crippen molar-refractivity contribution in [1.29, 1.82) is 0 Å². The Balaban J connectivity index is 2.16. The maximum absolute atomic E-state index is 12.2. The average Bonchev–Trinajstić information content (AvgIpc) is 2.32. The summed E-state index contributed by atoms with van der Waals surface area (Å²) in [5.74, 6) is 0.561.